The smallest absolute Gasteiger partial charge is 0.251 e. The maximum atomic E-state index is 12.6. The summed E-state index contributed by atoms with van der Waals surface area (Å²) in [5.41, 5.74) is 1.55. The van der Waals surface area contributed by atoms with Crippen molar-refractivity contribution in [2.24, 2.45) is 0 Å². The van der Waals surface area contributed by atoms with Crippen molar-refractivity contribution in [3.63, 3.8) is 0 Å². The Balaban J connectivity index is 0.00000364. The van der Waals surface area contributed by atoms with E-state index in [9.17, 15) is 9.59 Å². The van der Waals surface area contributed by atoms with Crippen LogP contribution in [0.4, 0.5) is 0 Å². The van der Waals surface area contributed by atoms with Gasteiger partial charge in [0, 0.05) is 25.1 Å². The van der Waals surface area contributed by atoms with Crippen molar-refractivity contribution in [2.75, 3.05) is 19.6 Å². The molecule has 146 valence electrons. The highest BCUT2D eigenvalue weighted by Gasteiger charge is 2.21. The summed E-state index contributed by atoms with van der Waals surface area (Å²) in [5, 5.41) is 9.01. The fourth-order valence-electron chi connectivity index (χ4n) is 2.59. The van der Waals surface area contributed by atoms with Crippen LogP contribution in [0.2, 0.25) is 0 Å². The number of hydrogen-bond donors (Lipinski definition) is 3. The van der Waals surface area contributed by atoms with Crippen molar-refractivity contribution in [1.29, 1.82) is 0 Å². The van der Waals surface area contributed by atoms with Crippen LogP contribution in [0.15, 0.2) is 60.7 Å². The summed E-state index contributed by atoms with van der Waals surface area (Å²) in [6.45, 7) is 4.27. The Morgan fingerprint density at radius 1 is 0.889 bits per heavy atom. The van der Waals surface area contributed by atoms with E-state index in [4.69, 9.17) is 0 Å². The number of carbonyl (C=O) groups excluding carboxylic acids is 2. The monoisotopic (exact) mass is 389 g/mol. The molecule has 3 N–H and O–H groups in total. The van der Waals surface area contributed by atoms with Crippen molar-refractivity contribution < 1.29 is 9.59 Å². The topological polar surface area (TPSA) is 70.2 Å². The lowest BCUT2D eigenvalue weighted by molar-refractivity contribution is -0.122. The normalized spacial score (nSPS) is 11.1. The van der Waals surface area contributed by atoms with Gasteiger partial charge in [-0.15, -0.1) is 12.4 Å². The van der Waals surface area contributed by atoms with E-state index >= 15 is 0 Å². The Morgan fingerprint density at radius 3 is 2.15 bits per heavy atom. The van der Waals surface area contributed by atoms with E-state index in [0.717, 1.165) is 18.5 Å². The zero-order valence-electron chi connectivity index (χ0n) is 15.6. The molecule has 2 rings (SSSR count). The highest BCUT2D eigenvalue weighted by molar-refractivity contribution is 5.97. The highest BCUT2D eigenvalue weighted by atomic mass is 35.5. The molecule has 0 fully saturated rings. The van der Waals surface area contributed by atoms with E-state index < -0.39 is 6.04 Å². The van der Waals surface area contributed by atoms with Crippen LogP contribution >= 0.6 is 12.4 Å². The number of carbonyl (C=O) groups is 2. The van der Waals surface area contributed by atoms with Gasteiger partial charge in [-0.1, -0.05) is 55.5 Å². The molecule has 5 nitrogen and oxygen atoms in total. The van der Waals surface area contributed by atoms with E-state index in [1.165, 1.54) is 0 Å². The lowest BCUT2D eigenvalue weighted by Gasteiger charge is -2.19. The van der Waals surface area contributed by atoms with Gasteiger partial charge in [0.1, 0.15) is 6.04 Å². The van der Waals surface area contributed by atoms with E-state index in [1.54, 1.807) is 24.3 Å². The number of rotatable bonds is 10. The second-order valence-electron chi connectivity index (χ2n) is 6.12. The Hall–Kier alpha value is -2.37. The van der Waals surface area contributed by atoms with Crippen LogP contribution in [0.25, 0.3) is 0 Å². The summed E-state index contributed by atoms with van der Waals surface area (Å²) in [7, 11) is 0. The summed E-state index contributed by atoms with van der Waals surface area (Å²) in [6.07, 6.45) is 1.51. The van der Waals surface area contributed by atoms with E-state index in [1.807, 2.05) is 36.4 Å². The SMILES string of the molecule is CCCNCCNC(=O)C(Cc1ccccc1)NC(=O)c1ccccc1.Cl. The average Bonchev–Trinajstić information content (AvgIpc) is 2.68. The first-order valence-corrected chi connectivity index (χ1v) is 9.09. The largest absolute Gasteiger partial charge is 0.353 e. The van der Waals surface area contributed by atoms with Crippen LogP contribution in [-0.4, -0.2) is 37.5 Å². The summed E-state index contributed by atoms with van der Waals surface area (Å²) in [5.74, 6) is -0.415. The lowest BCUT2D eigenvalue weighted by atomic mass is 10.0. The highest BCUT2D eigenvalue weighted by Crippen LogP contribution is 2.05. The maximum absolute atomic E-state index is 12.6. The van der Waals surface area contributed by atoms with Gasteiger partial charge < -0.3 is 16.0 Å². The molecule has 0 heterocycles. The third kappa shape index (κ3) is 8.24. The van der Waals surface area contributed by atoms with Crippen LogP contribution < -0.4 is 16.0 Å². The minimum Gasteiger partial charge on any atom is -0.353 e. The second-order valence-corrected chi connectivity index (χ2v) is 6.12. The molecule has 2 aromatic rings. The molecule has 0 aliphatic rings. The molecule has 0 saturated carbocycles. The van der Waals surface area contributed by atoms with E-state index in [0.29, 0.717) is 25.1 Å². The van der Waals surface area contributed by atoms with Crippen molar-refractivity contribution in [1.82, 2.24) is 16.0 Å². The molecule has 6 heteroatoms. The summed E-state index contributed by atoms with van der Waals surface area (Å²) < 4.78 is 0. The minimum absolute atomic E-state index is 0. The predicted molar refractivity (Wildman–Crippen MR) is 111 cm³/mol. The number of benzene rings is 2. The van der Waals surface area contributed by atoms with Crippen LogP contribution in [-0.2, 0) is 11.2 Å². The molecule has 0 aliphatic carbocycles. The Morgan fingerprint density at radius 2 is 1.52 bits per heavy atom. The number of hydrogen-bond acceptors (Lipinski definition) is 3. The van der Waals surface area contributed by atoms with Crippen molar-refractivity contribution in [2.45, 2.75) is 25.8 Å². The van der Waals surface area contributed by atoms with Gasteiger partial charge in [-0.2, -0.15) is 0 Å². The zero-order valence-corrected chi connectivity index (χ0v) is 16.4. The summed E-state index contributed by atoms with van der Waals surface area (Å²) in [6, 6.07) is 18.0. The van der Waals surface area contributed by atoms with Crippen molar-refractivity contribution >= 4 is 24.2 Å². The van der Waals surface area contributed by atoms with Crippen molar-refractivity contribution in [3.8, 4) is 0 Å². The van der Waals surface area contributed by atoms with Gasteiger partial charge in [0.05, 0.1) is 0 Å². The van der Waals surface area contributed by atoms with Gasteiger partial charge in [-0.25, -0.2) is 0 Å². The Labute approximate surface area is 167 Å². The molecule has 0 spiro atoms. The first-order valence-electron chi connectivity index (χ1n) is 9.09. The molecule has 1 unspecified atom stereocenters. The second kappa shape index (κ2) is 12.9. The van der Waals surface area contributed by atoms with Gasteiger partial charge in [-0.3, -0.25) is 9.59 Å². The van der Waals surface area contributed by atoms with E-state index in [2.05, 4.69) is 22.9 Å². The molecule has 2 amide bonds. The molecule has 0 aliphatic heterocycles. The molecule has 27 heavy (non-hydrogen) atoms. The van der Waals surface area contributed by atoms with Crippen LogP contribution in [0.5, 0.6) is 0 Å². The molecular weight excluding hydrogens is 362 g/mol. The molecule has 1 atom stereocenters. The fourth-order valence-corrected chi connectivity index (χ4v) is 2.59. The third-order valence-corrected chi connectivity index (χ3v) is 3.97. The molecule has 0 radical (unpaired) electrons. The summed E-state index contributed by atoms with van der Waals surface area (Å²) in [4.78, 5) is 25.1. The number of halogens is 1. The quantitative estimate of drug-likeness (QED) is 0.547. The van der Waals surface area contributed by atoms with Crippen LogP contribution in [0.1, 0.15) is 29.3 Å². The zero-order chi connectivity index (χ0) is 18.6. The maximum Gasteiger partial charge on any atom is 0.251 e. The third-order valence-electron chi connectivity index (χ3n) is 3.97. The molecular formula is C21H28ClN3O2. The van der Waals surface area contributed by atoms with Gasteiger partial charge in [0.2, 0.25) is 5.91 Å². The number of amides is 2. The van der Waals surface area contributed by atoms with Gasteiger partial charge in [0.15, 0.2) is 0 Å². The minimum atomic E-state index is -0.615. The van der Waals surface area contributed by atoms with E-state index in [-0.39, 0.29) is 24.2 Å². The molecule has 0 aromatic heterocycles. The first kappa shape index (κ1) is 22.7. The van der Waals surface area contributed by atoms with Gasteiger partial charge >= 0.3 is 0 Å². The predicted octanol–water partition coefficient (Wildman–Crippen LogP) is 2.57. The molecule has 0 saturated heterocycles. The fraction of sp³-hybridized carbons (Fsp3) is 0.333. The van der Waals surface area contributed by atoms with Crippen LogP contribution in [0.3, 0.4) is 0 Å². The van der Waals surface area contributed by atoms with Gasteiger partial charge in [-0.05, 0) is 30.7 Å². The number of nitrogens with one attached hydrogen (secondary N) is 3. The average molecular weight is 390 g/mol. The van der Waals surface area contributed by atoms with Gasteiger partial charge in [0.25, 0.3) is 5.91 Å². The Bertz CT molecular complexity index is 680. The standard InChI is InChI=1S/C21H27N3O2.ClH/c1-2-13-22-14-15-23-21(26)19(16-17-9-5-3-6-10-17)24-20(25)18-11-7-4-8-12-18;/h3-12,19,22H,2,13-16H2,1H3,(H,23,26)(H,24,25);1H. The molecule has 0 bridgehead atoms. The summed E-state index contributed by atoms with van der Waals surface area (Å²) >= 11 is 0. The van der Waals surface area contributed by atoms with Crippen molar-refractivity contribution in [3.05, 3.63) is 71.8 Å². The molecule has 2 aromatic carbocycles. The first-order chi connectivity index (χ1) is 12.7. The Kier molecular flexibility index (Phi) is 10.8. The van der Waals surface area contributed by atoms with Crippen LogP contribution in [0, 0.1) is 0 Å². The lowest BCUT2D eigenvalue weighted by Crippen LogP contribution is -2.49.